The highest BCUT2D eigenvalue weighted by molar-refractivity contribution is 7.33. The summed E-state index contributed by atoms with van der Waals surface area (Å²) in [6, 6.07) is 0. The molecular formula is C7H20N2O3P+. The molecule has 0 aliphatic rings. The van der Waals surface area contributed by atoms with Crippen LogP contribution in [0, 0.1) is 0 Å². The van der Waals surface area contributed by atoms with Crippen LogP contribution in [0.15, 0.2) is 0 Å². The molecule has 0 heterocycles. The van der Waals surface area contributed by atoms with Crippen molar-refractivity contribution in [3.8, 4) is 0 Å². The van der Waals surface area contributed by atoms with E-state index in [1.54, 1.807) is 6.92 Å². The largest absolute Gasteiger partial charge is 0.329 e. The molecule has 6 heteroatoms. The summed E-state index contributed by atoms with van der Waals surface area (Å²) < 4.78 is 21.5. The summed E-state index contributed by atoms with van der Waals surface area (Å²) in [6.45, 7) is 2.83. The van der Waals surface area contributed by atoms with Crippen molar-refractivity contribution in [3.05, 3.63) is 0 Å². The molecule has 0 aliphatic heterocycles. The van der Waals surface area contributed by atoms with Crippen molar-refractivity contribution < 1.29 is 18.1 Å². The van der Waals surface area contributed by atoms with Crippen molar-refractivity contribution in [2.24, 2.45) is 5.73 Å². The van der Waals surface area contributed by atoms with Gasteiger partial charge in [-0.2, -0.15) is 0 Å². The topological polar surface area (TPSA) is 61.5 Å². The Hall–Kier alpha value is 0.0700. The zero-order valence-electron chi connectivity index (χ0n) is 8.74. The first-order valence-corrected chi connectivity index (χ1v) is 5.43. The molecule has 5 nitrogen and oxygen atoms in total. The zero-order chi connectivity index (χ0) is 10.5. The van der Waals surface area contributed by atoms with E-state index in [0.29, 0.717) is 6.61 Å². The lowest BCUT2D eigenvalue weighted by Gasteiger charge is -2.23. The minimum absolute atomic E-state index is 0.425. The maximum Gasteiger partial charge on any atom is 0.320 e. The average molecular weight is 211 g/mol. The van der Waals surface area contributed by atoms with Gasteiger partial charge in [0.15, 0.2) is 0 Å². The number of nitrogens with zero attached hydrogens (tertiary/aromatic N) is 1. The Morgan fingerprint density at radius 1 is 1.46 bits per heavy atom. The first kappa shape index (κ1) is 13.1. The van der Waals surface area contributed by atoms with E-state index in [2.05, 4.69) is 0 Å². The number of likely N-dealkylation sites (N-methyl/N-ethyl adjacent to an activating group) is 1. The molecule has 0 aliphatic carbocycles. The van der Waals surface area contributed by atoms with E-state index < -0.39 is 14.5 Å². The Bertz CT molecular complexity index is 168. The Labute approximate surface area is 80.3 Å². The third kappa shape index (κ3) is 9.99. The summed E-state index contributed by atoms with van der Waals surface area (Å²) in [6.07, 6.45) is -0.532. The fourth-order valence-electron chi connectivity index (χ4n) is 0.589. The van der Waals surface area contributed by atoms with Gasteiger partial charge in [0, 0.05) is 0 Å². The van der Waals surface area contributed by atoms with Crippen LogP contribution in [0.25, 0.3) is 0 Å². The molecule has 0 aromatic rings. The molecule has 2 unspecified atom stereocenters. The first-order chi connectivity index (χ1) is 5.81. The van der Waals surface area contributed by atoms with Crippen LogP contribution in [-0.2, 0) is 13.6 Å². The smallest absolute Gasteiger partial charge is 0.320 e. The fraction of sp³-hybridized carbons (Fsp3) is 1.00. The van der Waals surface area contributed by atoms with Crippen LogP contribution in [0.3, 0.4) is 0 Å². The summed E-state index contributed by atoms with van der Waals surface area (Å²) >= 11 is 0. The Morgan fingerprint density at radius 3 is 2.38 bits per heavy atom. The number of rotatable bonds is 6. The lowest BCUT2D eigenvalue weighted by molar-refractivity contribution is -0.870. The zero-order valence-corrected chi connectivity index (χ0v) is 9.74. The van der Waals surface area contributed by atoms with E-state index >= 15 is 0 Å². The quantitative estimate of drug-likeness (QED) is 0.393. The van der Waals surface area contributed by atoms with Gasteiger partial charge in [-0.3, -0.25) is 9.09 Å². The second-order valence-electron chi connectivity index (χ2n) is 3.94. The molecule has 0 rings (SSSR count). The van der Waals surface area contributed by atoms with Crippen LogP contribution < -0.4 is 5.73 Å². The van der Waals surface area contributed by atoms with Crippen LogP contribution in [-0.4, -0.2) is 45.0 Å². The van der Waals surface area contributed by atoms with E-state index in [9.17, 15) is 4.57 Å². The fourth-order valence-corrected chi connectivity index (χ4v) is 1.22. The van der Waals surface area contributed by atoms with Gasteiger partial charge in [-0.1, -0.05) is 0 Å². The van der Waals surface area contributed by atoms with Gasteiger partial charge in [-0.05, 0) is 6.92 Å². The molecule has 0 aromatic carbocycles. The molecule has 0 bridgehead atoms. The predicted octanol–water partition coefficient (Wildman–Crippen LogP) is 0.420. The third-order valence-electron chi connectivity index (χ3n) is 1.26. The molecule has 0 spiro atoms. The molecule has 80 valence electrons. The number of nitrogens with two attached hydrogens (primary N) is 1. The number of hydrogen-bond donors (Lipinski definition) is 1. The molecular weight excluding hydrogens is 191 g/mol. The lowest BCUT2D eigenvalue weighted by atomic mass is 10.5. The summed E-state index contributed by atoms with van der Waals surface area (Å²) in [7, 11) is 3.71. The minimum Gasteiger partial charge on any atom is -0.329 e. The van der Waals surface area contributed by atoms with E-state index in [-0.39, 0.29) is 0 Å². The van der Waals surface area contributed by atoms with Gasteiger partial charge in [0.25, 0.3) is 0 Å². The van der Waals surface area contributed by atoms with Gasteiger partial charge in [0.1, 0.15) is 19.4 Å². The second kappa shape index (κ2) is 5.73. The van der Waals surface area contributed by atoms with Crippen LogP contribution in [0.5, 0.6) is 0 Å². The maximum atomic E-state index is 11.0. The summed E-state index contributed by atoms with van der Waals surface area (Å²) in [5, 5.41) is 0. The van der Waals surface area contributed by atoms with Crippen LogP contribution in [0.4, 0.5) is 0 Å². The van der Waals surface area contributed by atoms with Crippen molar-refractivity contribution >= 4 is 8.25 Å². The van der Waals surface area contributed by atoms with Crippen LogP contribution in [0.2, 0.25) is 0 Å². The van der Waals surface area contributed by atoms with Gasteiger partial charge in [0.2, 0.25) is 0 Å². The standard InChI is InChI=1S/C7H20N2O3P/c1-7(8)12-13(10)11-6-5-9(2,3)4/h7,13H,5-6,8H2,1-4H3/q+1. The minimum atomic E-state index is -2.40. The van der Waals surface area contributed by atoms with Gasteiger partial charge in [0.05, 0.1) is 21.1 Å². The predicted molar refractivity (Wildman–Crippen MR) is 52.6 cm³/mol. The van der Waals surface area contributed by atoms with E-state index in [1.165, 1.54) is 0 Å². The maximum absolute atomic E-state index is 11.0. The number of hydrogen-bond acceptors (Lipinski definition) is 4. The lowest BCUT2D eigenvalue weighted by Crippen LogP contribution is -2.37. The molecule has 0 aromatic heterocycles. The van der Waals surface area contributed by atoms with Crippen molar-refractivity contribution in [1.82, 2.24) is 0 Å². The van der Waals surface area contributed by atoms with Crippen molar-refractivity contribution in [1.29, 1.82) is 0 Å². The van der Waals surface area contributed by atoms with Crippen molar-refractivity contribution in [2.45, 2.75) is 13.2 Å². The van der Waals surface area contributed by atoms with Crippen LogP contribution >= 0.6 is 8.25 Å². The third-order valence-corrected chi connectivity index (χ3v) is 2.27. The average Bonchev–Trinajstić information content (AvgIpc) is 1.81. The molecule has 0 radical (unpaired) electrons. The summed E-state index contributed by atoms with van der Waals surface area (Å²) in [5.74, 6) is 0. The SMILES string of the molecule is CC(N)O[PH](=O)OCC[N+](C)(C)C. The molecule has 0 fully saturated rings. The highest BCUT2D eigenvalue weighted by atomic mass is 31.1. The molecule has 2 N–H and O–H groups in total. The van der Waals surface area contributed by atoms with E-state index in [1.807, 2.05) is 21.1 Å². The second-order valence-corrected chi connectivity index (χ2v) is 4.96. The first-order valence-electron chi connectivity index (χ1n) is 4.21. The van der Waals surface area contributed by atoms with Crippen molar-refractivity contribution in [3.63, 3.8) is 0 Å². The molecule has 0 amide bonds. The summed E-state index contributed by atoms with van der Waals surface area (Å²) in [4.78, 5) is 0. The molecule has 0 saturated carbocycles. The Kier molecular flexibility index (Phi) is 5.76. The van der Waals surface area contributed by atoms with E-state index in [4.69, 9.17) is 14.8 Å². The Balaban J connectivity index is 3.49. The number of quaternary nitrogens is 1. The summed E-state index contributed by atoms with van der Waals surface area (Å²) in [5.41, 5.74) is 5.27. The van der Waals surface area contributed by atoms with Gasteiger partial charge < -0.3 is 14.7 Å². The van der Waals surface area contributed by atoms with Crippen molar-refractivity contribution in [2.75, 3.05) is 34.3 Å². The molecule has 13 heavy (non-hydrogen) atoms. The Morgan fingerprint density at radius 2 is 2.00 bits per heavy atom. The van der Waals surface area contributed by atoms with Crippen LogP contribution in [0.1, 0.15) is 6.92 Å². The molecule has 0 saturated heterocycles. The highest BCUT2D eigenvalue weighted by Crippen LogP contribution is 2.24. The highest BCUT2D eigenvalue weighted by Gasteiger charge is 2.08. The van der Waals surface area contributed by atoms with Gasteiger partial charge in [-0.25, -0.2) is 0 Å². The van der Waals surface area contributed by atoms with E-state index in [0.717, 1.165) is 11.0 Å². The van der Waals surface area contributed by atoms with Gasteiger partial charge >= 0.3 is 8.25 Å². The molecule has 2 atom stereocenters. The normalized spacial score (nSPS) is 17.0. The monoisotopic (exact) mass is 211 g/mol. The van der Waals surface area contributed by atoms with Gasteiger partial charge in [-0.15, -0.1) is 0 Å².